The Bertz CT molecular complexity index is 1560. The van der Waals surface area contributed by atoms with Gasteiger partial charge >= 0.3 is 0 Å². The number of hydrogen-bond acceptors (Lipinski definition) is 4. The van der Waals surface area contributed by atoms with Gasteiger partial charge in [0.2, 0.25) is 5.91 Å². The van der Waals surface area contributed by atoms with Gasteiger partial charge in [-0.1, -0.05) is 35.9 Å². The summed E-state index contributed by atoms with van der Waals surface area (Å²) in [7, 11) is 3.16. The summed E-state index contributed by atoms with van der Waals surface area (Å²) >= 11 is 6.34. The van der Waals surface area contributed by atoms with Gasteiger partial charge in [0.25, 0.3) is 0 Å². The van der Waals surface area contributed by atoms with E-state index in [0.29, 0.717) is 41.5 Å². The third-order valence-electron chi connectivity index (χ3n) is 6.23. The Morgan fingerprint density at radius 3 is 2.69 bits per heavy atom. The number of benzene rings is 3. The molecule has 0 spiro atoms. The van der Waals surface area contributed by atoms with Gasteiger partial charge in [-0.3, -0.25) is 4.79 Å². The maximum atomic E-state index is 12.8. The summed E-state index contributed by atoms with van der Waals surface area (Å²) in [5.41, 5.74) is 5.42. The van der Waals surface area contributed by atoms with Crippen molar-refractivity contribution < 1.29 is 14.3 Å². The first-order valence-electron chi connectivity index (χ1n) is 11.7. The highest BCUT2D eigenvalue weighted by atomic mass is 35.5. The standard InChI is InChI=1S/C29H26ClN3O3/c1-35-20-12-15-27(36-2)26(17-20)32-28(34)9-5-7-21-22-16-19(30)11-14-24(22)33-29(21)25-13-10-18-6-3-4-8-23(18)31-25/h3-4,6,8,10-17,33H,5,7,9H2,1-2H3,(H,32,34). The minimum absolute atomic E-state index is 0.0928. The first-order valence-corrected chi connectivity index (χ1v) is 12.1. The number of halogens is 1. The fourth-order valence-electron chi connectivity index (χ4n) is 4.45. The van der Waals surface area contributed by atoms with Crippen molar-refractivity contribution in [3.8, 4) is 22.9 Å². The molecule has 0 atom stereocenters. The second-order valence-corrected chi connectivity index (χ2v) is 8.96. The summed E-state index contributed by atoms with van der Waals surface area (Å²) in [6, 6.07) is 23.3. The zero-order valence-electron chi connectivity index (χ0n) is 20.1. The number of nitrogens with one attached hydrogen (secondary N) is 2. The Balaban J connectivity index is 1.39. The Labute approximate surface area is 214 Å². The molecule has 2 heterocycles. The van der Waals surface area contributed by atoms with Crippen LogP contribution in [0.25, 0.3) is 33.2 Å². The number of carbonyl (C=O) groups excluding carboxylic acids is 1. The van der Waals surface area contributed by atoms with E-state index < -0.39 is 0 Å². The summed E-state index contributed by atoms with van der Waals surface area (Å²) in [5.74, 6) is 1.14. The van der Waals surface area contributed by atoms with Gasteiger partial charge in [0.05, 0.1) is 36.8 Å². The van der Waals surface area contributed by atoms with E-state index in [1.165, 1.54) is 0 Å². The maximum Gasteiger partial charge on any atom is 0.224 e. The van der Waals surface area contributed by atoms with Crippen LogP contribution in [0.2, 0.25) is 5.02 Å². The predicted octanol–water partition coefficient (Wildman–Crippen LogP) is 7.02. The summed E-state index contributed by atoms with van der Waals surface area (Å²) in [6.07, 6.45) is 1.68. The first kappa shape index (κ1) is 23.7. The SMILES string of the molecule is COc1ccc(OC)c(NC(=O)CCCc2c(-c3ccc4ccccc4n3)[nH]c3ccc(Cl)cc23)c1. The number of rotatable bonds is 8. The van der Waals surface area contributed by atoms with Crippen molar-refractivity contribution in [2.45, 2.75) is 19.3 Å². The van der Waals surface area contributed by atoms with Crippen LogP contribution < -0.4 is 14.8 Å². The quantitative estimate of drug-likeness (QED) is 0.240. The Morgan fingerprint density at radius 1 is 1.00 bits per heavy atom. The second kappa shape index (κ2) is 10.3. The van der Waals surface area contributed by atoms with Crippen LogP contribution in [0, 0.1) is 0 Å². The molecule has 0 aliphatic rings. The Kier molecular flexibility index (Phi) is 6.78. The van der Waals surface area contributed by atoms with Crippen LogP contribution in [-0.4, -0.2) is 30.1 Å². The van der Waals surface area contributed by atoms with Crippen molar-refractivity contribution in [1.29, 1.82) is 0 Å². The number of aromatic amines is 1. The van der Waals surface area contributed by atoms with Crippen molar-refractivity contribution in [3.05, 3.63) is 83.4 Å². The molecule has 0 radical (unpaired) electrons. The average Bonchev–Trinajstić information content (AvgIpc) is 3.25. The highest BCUT2D eigenvalue weighted by Gasteiger charge is 2.16. The average molecular weight is 500 g/mol. The molecular formula is C29H26ClN3O3. The zero-order chi connectivity index (χ0) is 25.1. The monoisotopic (exact) mass is 499 g/mol. The summed E-state index contributed by atoms with van der Waals surface area (Å²) in [5, 5.41) is 5.75. The molecular weight excluding hydrogens is 474 g/mol. The number of aryl methyl sites for hydroxylation is 1. The highest BCUT2D eigenvalue weighted by molar-refractivity contribution is 6.31. The Morgan fingerprint density at radius 2 is 1.86 bits per heavy atom. The second-order valence-electron chi connectivity index (χ2n) is 8.53. The number of ether oxygens (including phenoxy) is 2. The topological polar surface area (TPSA) is 76.2 Å². The van der Waals surface area contributed by atoms with Crippen LogP contribution in [0.15, 0.2) is 72.8 Å². The lowest BCUT2D eigenvalue weighted by molar-refractivity contribution is -0.116. The van der Waals surface area contributed by atoms with E-state index >= 15 is 0 Å². The van der Waals surface area contributed by atoms with Gasteiger partial charge in [0.1, 0.15) is 11.5 Å². The lowest BCUT2D eigenvalue weighted by atomic mass is 10.0. The van der Waals surface area contributed by atoms with Crippen molar-refractivity contribution in [1.82, 2.24) is 9.97 Å². The maximum absolute atomic E-state index is 12.8. The van der Waals surface area contributed by atoms with E-state index in [-0.39, 0.29) is 5.91 Å². The van der Waals surface area contributed by atoms with Gasteiger partial charge in [-0.2, -0.15) is 0 Å². The fraction of sp³-hybridized carbons (Fsp3) is 0.172. The van der Waals surface area contributed by atoms with E-state index in [0.717, 1.165) is 38.8 Å². The van der Waals surface area contributed by atoms with E-state index in [4.69, 9.17) is 26.1 Å². The predicted molar refractivity (Wildman–Crippen MR) is 145 cm³/mol. The van der Waals surface area contributed by atoms with Gasteiger partial charge in [0.15, 0.2) is 0 Å². The normalized spacial score (nSPS) is 11.1. The highest BCUT2D eigenvalue weighted by Crippen LogP contribution is 2.33. The molecule has 0 bridgehead atoms. The number of aromatic nitrogens is 2. The smallest absolute Gasteiger partial charge is 0.224 e. The van der Waals surface area contributed by atoms with Crippen LogP contribution in [0.4, 0.5) is 5.69 Å². The van der Waals surface area contributed by atoms with Gasteiger partial charge in [0, 0.05) is 33.8 Å². The third kappa shape index (κ3) is 4.86. The number of methoxy groups -OCH3 is 2. The molecule has 5 aromatic rings. The van der Waals surface area contributed by atoms with Crippen molar-refractivity contribution in [3.63, 3.8) is 0 Å². The van der Waals surface area contributed by atoms with Crippen molar-refractivity contribution >= 4 is 45.0 Å². The minimum atomic E-state index is -0.0928. The molecule has 2 N–H and O–H groups in total. The number of H-pyrrole nitrogens is 1. The molecule has 7 heteroatoms. The molecule has 0 aliphatic heterocycles. The number of nitrogens with zero attached hydrogens (tertiary/aromatic N) is 1. The Hall–Kier alpha value is -4.03. The molecule has 0 saturated heterocycles. The summed E-state index contributed by atoms with van der Waals surface area (Å²) in [6.45, 7) is 0. The number of amides is 1. The molecule has 0 fully saturated rings. The van der Waals surface area contributed by atoms with Crippen LogP contribution in [0.5, 0.6) is 11.5 Å². The van der Waals surface area contributed by atoms with Crippen molar-refractivity contribution in [2.75, 3.05) is 19.5 Å². The molecule has 3 aromatic carbocycles. The van der Waals surface area contributed by atoms with Gasteiger partial charge in [-0.25, -0.2) is 4.98 Å². The zero-order valence-corrected chi connectivity index (χ0v) is 20.9. The van der Waals surface area contributed by atoms with Crippen LogP contribution in [0.3, 0.4) is 0 Å². The van der Waals surface area contributed by atoms with Gasteiger partial charge in [-0.05, 0) is 60.9 Å². The van der Waals surface area contributed by atoms with Crippen molar-refractivity contribution in [2.24, 2.45) is 0 Å². The number of carbonyl (C=O) groups is 1. The molecule has 1 amide bonds. The van der Waals surface area contributed by atoms with Crippen LogP contribution in [-0.2, 0) is 11.2 Å². The van der Waals surface area contributed by atoms with Gasteiger partial charge < -0.3 is 19.8 Å². The molecule has 0 unspecified atom stereocenters. The molecule has 6 nitrogen and oxygen atoms in total. The van der Waals surface area contributed by atoms with Gasteiger partial charge in [-0.15, -0.1) is 0 Å². The number of anilines is 1. The number of hydrogen-bond donors (Lipinski definition) is 2. The molecule has 36 heavy (non-hydrogen) atoms. The number of pyridine rings is 1. The van der Waals surface area contributed by atoms with Crippen LogP contribution >= 0.6 is 11.6 Å². The molecule has 2 aromatic heterocycles. The largest absolute Gasteiger partial charge is 0.497 e. The first-order chi connectivity index (χ1) is 17.6. The molecule has 0 aliphatic carbocycles. The number of para-hydroxylation sites is 1. The molecule has 0 saturated carbocycles. The van der Waals surface area contributed by atoms with E-state index in [1.54, 1.807) is 32.4 Å². The van der Waals surface area contributed by atoms with E-state index in [9.17, 15) is 4.79 Å². The van der Waals surface area contributed by atoms with E-state index in [1.807, 2.05) is 48.5 Å². The minimum Gasteiger partial charge on any atom is -0.497 e. The lowest BCUT2D eigenvalue weighted by Crippen LogP contribution is -2.12. The molecule has 5 rings (SSSR count). The summed E-state index contributed by atoms with van der Waals surface area (Å²) < 4.78 is 10.6. The van der Waals surface area contributed by atoms with Crippen LogP contribution in [0.1, 0.15) is 18.4 Å². The lowest BCUT2D eigenvalue weighted by Gasteiger charge is -2.12. The van der Waals surface area contributed by atoms with E-state index in [2.05, 4.69) is 16.4 Å². The third-order valence-corrected chi connectivity index (χ3v) is 6.47. The molecule has 182 valence electrons. The number of fused-ring (bicyclic) bond motifs is 2. The summed E-state index contributed by atoms with van der Waals surface area (Å²) in [4.78, 5) is 21.2. The fourth-order valence-corrected chi connectivity index (χ4v) is 4.63.